The van der Waals surface area contributed by atoms with Gasteiger partial charge < -0.3 is 10.5 Å². The number of esters is 1. The number of rotatable bonds is 2. The van der Waals surface area contributed by atoms with Gasteiger partial charge in [0.1, 0.15) is 0 Å². The molecule has 2 N–H and O–H groups in total. The van der Waals surface area contributed by atoms with Crippen molar-refractivity contribution in [3.8, 4) is 5.88 Å². The van der Waals surface area contributed by atoms with Gasteiger partial charge in [-0.2, -0.15) is 4.98 Å². The summed E-state index contributed by atoms with van der Waals surface area (Å²) >= 11 is 0. The van der Waals surface area contributed by atoms with Crippen LogP contribution in [0, 0.1) is 6.92 Å². The van der Waals surface area contributed by atoms with Gasteiger partial charge in [0.2, 0.25) is 11.8 Å². The number of nitrogens with two attached hydrogens (primary N) is 1. The molecule has 0 saturated carbocycles. The van der Waals surface area contributed by atoms with Gasteiger partial charge in [-0.3, -0.25) is 0 Å². The highest BCUT2D eigenvalue weighted by atomic mass is 16.5. The van der Waals surface area contributed by atoms with Crippen molar-refractivity contribution in [3.63, 3.8) is 0 Å². The Labute approximate surface area is 75.3 Å². The molecule has 0 atom stereocenters. The zero-order chi connectivity index (χ0) is 9.84. The predicted molar refractivity (Wildman–Crippen MR) is 47.0 cm³/mol. The Morgan fingerprint density at radius 1 is 1.69 bits per heavy atom. The van der Waals surface area contributed by atoms with E-state index < -0.39 is 5.97 Å². The molecule has 1 aromatic rings. The van der Waals surface area contributed by atoms with Crippen LogP contribution in [-0.2, 0) is 4.79 Å². The number of aromatic nitrogens is 2. The molecule has 0 bridgehead atoms. The molecule has 0 amide bonds. The number of nitrogen functional groups attached to an aromatic ring is 1. The monoisotopic (exact) mass is 179 g/mol. The standard InChI is InChI=1S/C8H9N3O2/c1-3-7(12)13-6-4-5(2)10-8(9)11-6/h3-4H,1H2,2H3,(H2,9,10,11). The summed E-state index contributed by atoms with van der Waals surface area (Å²) in [4.78, 5) is 18.3. The highest BCUT2D eigenvalue weighted by Crippen LogP contribution is 2.09. The van der Waals surface area contributed by atoms with Gasteiger partial charge in [-0.15, -0.1) is 0 Å². The zero-order valence-electron chi connectivity index (χ0n) is 7.15. The quantitative estimate of drug-likeness (QED) is 0.527. The lowest BCUT2D eigenvalue weighted by atomic mass is 10.4. The number of hydrogen-bond donors (Lipinski definition) is 1. The zero-order valence-corrected chi connectivity index (χ0v) is 7.15. The highest BCUT2D eigenvalue weighted by Gasteiger charge is 2.03. The molecule has 5 heteroatoms. The first kappa shape index (κ1) is 9.18. The van der Waals surface area contributed by atoms with Gasteiger partial charge in [0.25, 0.3) is 0 Å². The van der Waals surface area contributed by atoms with Crippen LogP contribution in [0.4, 0.5) is 5.95 Å². The number of nitrogens with zero attached hydrogens (tertiary/aromatic N) is 2. The van der Waals surface area contributed by atoms with Gasteiger partial charge in [0, 0.05) is 17.8 Å². The highest BCUT2D eigenvalue weighted by molar-refractivity contribution is 5.83. The Bertz CT molecular complexity index is 329. The van der Waals surface area contributed by atoms with E-state index in [0.29, 0.717) is 5.69 Å². The van der Waals surface area contributed by atoms with Crippen molar-refractivity contribution in [2.24, 2.45) is 0 Å². The third kappa shape index (κ3) is 2.55. The molecule has 1 rings (SSSR count). The van der Waals surface area contributed by atoms with Crippen LogP contribution in [0.3, 0.4) is 0 Å². The Hall–Kier alpha value is -1.91. The van der Waals surface area contributed by atoms with E-state index in [-0.39, 0.29) is 11.8 Å². The van der Waals surface area contributed by atoms with Crippen LogP contribution in [0.1, 0.15) is 5.69 Å². The molecule has 0 aliphatic heterocycles. The van der Waals surface area contributed by atoms with E-state index in [0.717, 1.165) is 6.08 Å². The van der Waals surface area contributed by atoms with Crippen molar-refractivity contribution in [2.75, 3.05) is 5.73 Å². The van der Waals surface area contributed by atoms with Crippen molar-refractivity contribution in [3.05, 3.63) is 24.4 Å². The molecule has 0 aliphatic rings. The summed E-state index contributed by atoms with van der Waals surface area (Å²) in [7, 11) is 0. The Kier molecular flexibility index (Phi) is 2.59. The van der Waals surface area contributed by atoms with Crippen LogP contribution in [0.5, 0.6) is 5.88 Å². The molecule has 0 aromatic carbocycles. The van der Waals surface area contributed by atoms with Crippen LogP contribution >= 0.6 is 0 Å². The average molecular weight is 179 g/mol. The Balaban J connectivity index is 2.89. The number of hydrogen-bond acceptors (Lipinski definition) is 5. The van der Waals surface area contributed by atoms with E-state index in [4.69, 9.17) is 10.5 Å². The number of anilines is 1. The first-order valence-electron chi connectivity index (χ1n) is 3.57. The molecule has 68 valence electrons. The summed E-state index contributed by atoms with van der Waals surface area (Å²) in [6.45, 7) is 4.98. The molecular weight excluding hydrogens is 170 g/mol. The summed E-state index contributed by atoms with van der Waals surface area (Å²) in [6, 6.07) is 1.51. The van der Waals surface area contributed by atoms with Crippen molar-refractivity contribution >= 4 is 11.9 Å². The van der Waals surface area contributed by atoms with Crippen molar-refractivity contribution in [1.29, 1.82) is 0 Å². The minimum absolute atomic E-state index is 0.0758. The topological polar surface area (TPSA) is 78.1 Å². The van der Waals surface area contributed by atoms with Gasteiger partial charge in [0.15, 0.2) is 0 Å². The maximum absolute atomic E-state index is 10.8. The largest absolute Gasteiger partial charge is 0.404 e. The van der Waals surface area contributed by atoms with Gasteiger partial charge >= 0.3 is 5.97 Å². The van der Waals surface area contributed by atoms with Crippen LogP contribution < -0.4 is 10.5 Å². The normalized spacial score (nSPS) is 9.31. The molecule has 1 heterocycles. The fraction of sp³-hybridized carbons (Fsp3) is 0.125. The van der Waals surface area contributed by atoms with E-state index in [9.17, 15) is 4.79 Å². The van der Waals surface area contributed by atoms with Crippen LogP contribution in [0.2, 0.25) is 0 Å². The summed E-state index contributed by atoms with van der Waals surface area (Å²) in [6.07, 6.45) is 1.05. The van der Waals surface area contributed by atoms with Gasteiger partial charge in [-0.1, -0.05) is 6.58 Å². The lowest BCUT2D eigenvalue weighted by Crippen LogP contribution is -2.07. The van der Waals surface area contributed by atoms with Crippen LogP contribution in [-0.4, -0.2) is 15.9 Å². The molecule has 1 aromatic heterocycles. The van der Waals surface area contributed by atoms with E-state index in [1.54, 1.807) is 6.92 Å². The third-order valence-corrected chi connectivity index (χ3v) is 1.22. The van der Waals surface area contributed by atoms with Crippen molar-refractivity contribution in [1.82, 2.24) is 9.97 Å². The Morgan fingerprint density at radius 3 is 2.92 bits per heavy atom. The fourth-order valence-electron chi connectivity index (χ4n) is 0.759. The molecule has 0 aliphatic carbocycles. The minimum Gasteiger partial charge on any atom is -0.404 e. The summed E-state index contributed by atoms with van der Waals surface area (Å²) in [5.41, 5.74) is 5.98. The predicted octanol–water partition coefficient (Wildman–Crippen LogP) is 0.459. The summed E-state index contributed by atoms with van der Waals surface area (Å²) < 4.78 is 4.74. The maximum atomic E-state index is 10.8. The van der Waals surface area contributed by atoms with Gasteiger partial charge in [-0.05, 0) is 6.92 Å². The molecular formula is C8H9N3O2. The third-order valence-electron chi connectivity index (χ3n) is 1.22. The molecule has 0 radical (unpaired) electrons. The van der Waals surface area contributed by atoms with E-state index >= 15 is 0 Å². The van der Waals surface area contributed by atoms with Crippen molar-refractivity contribution < 1.29 is 9.53 Å². The number of carbonyl (C=O) groups is 1. The second-order valence-corrected chi connectivity index (χ2v) is 2.33. The number of ether oxygens (including phenoxy) is 1. The van der Waals surface area contributed by atoms with Crippen LogP contribution in [0.25, 0.3) is 0 Å². The molecule has 0 saturated heterocycles. The maximum Gasteiger partial charge on any atom is 0.336 e. The lowest BCUT2D eigenvalue weighted by Gasteiger charge is -2.01. The van der Waals surface area contributed by atoms with E-state index in [1.165, 1.54) is 6.07 Å². The first-order valence-corrected chi connectivity index (χ1v) is 3.57. The van der Waals surface area contributed by atoms with Crippen molar-refractivity contribution in [2.45, 2.75) is 6.92 Å². The molecule has 0 fully saturated rings. The average Bonchev–Trinajstić information content (AvgIpc) is 2.02. The minimum atomic E-state index is -0.572. The first-order chi connectivity index (χ1) is 6.11. The second kappa shape index (κ2) is 3.66. The molecule has 0 spiro atoms. The second-order valence-electron chi connectivity index (χ2n) is 2.33. The number of carbonyl (C=O) groups excluding carboxylic acids is 1. The van der Waals surface area contributed by atoms with Crippen LogP contribution in [0.15, 0.2) is 18.7 Å². The van der Waals surface area contributed by atoms with E-state index in [1.807, 2.05) is 0 Å². The number of aryl methyl sites for hydroxylation is 1. The summed E-state index contributed by atoms with van der Waals surface area (Å²) in [5.74, 6) is -0.362. The Morgan fingerprint density at radius 2 is 2.38 bits per heavy atom. The van der Waals surface area contributed by atoms with Gasteiger partial charge in [0.05, 0.1) is 0 Å². The lowest BCUT2D eigenvalue weighted by molar-refractivity contribution is -0.129. The molecule has 0 unspecified atom stereocenters. The SMILES string of the molecule is C=CC(=O)Oc1cc(C)nc(N)n1. The summed E-state index contributed by atoms with van der Waals surface area (Å²) in [5, 5.41) is 0. The van der Waals surface area contributed by atoms with E-state index in [2.05, 4.69) is 16.5 Å². The smallest absolute Gasteiger partial charge is 0.336 e. The fourth-order valence-corrected chi connectivity index (χ4v) is 0.759. The molecule has 5 nitrogen and oxygen atoms in total. The van der Waals surface area contributed by atoms with Gasteiger partial charge in [-0.25, -0.2) is 9.78 Å². The molecule has 13 heavy (non-hydrogen) atoms.